The molecule has 4 rings (SSSR count). The van der Waals surface area contributed by atoms with E-state index in [1.165, 1.54) is 0 Å². The van der Waals surface area contributed by atoms with E-state index in [9.17, 15) is 4.79 Å². The normalized spacial score (nSPS) is 11.6. The maximum Gasteiger partial charge on any atom is 0.191 e. The highest BCUT2D eigenvalue weighted by Gasteiger charge is 2.21. The molecule has 0 radical (unpaired) electrons. The molecule has 4 aromatic rings. The van der Waals surface area contributed by atoms with Gasteiger partial charge < -0.3 is 4.57 Å². The molecule has 2 heterocycles. The number of nitrogens with zero attached hydrogens (tertiary/aromatic N) is 3. The van der Waals surface area contributed by atoms with Crippen LogP contribution in [0.2, 0.25) is 5.02 Å². The summed E-state index contributed by atoms with van der Waals surface area (Å²) in [6.07, 6.45) is 5.21. The summed E-state index contributed by atoms with van der Waals surface area (Å²) in [5, 5.41) is 5.29. The van der Waals surface area contributed by atoms with Crippen molar-refractivity contribution in [2.75, 3.05) is 0 Å². The van der Waals surface area contributed by atoms with Gasteiger partial charge in [0.25, 0.3) is 0 Å². The molecule has 0 bridgehead atoms. The average molecular weight is 376 g/mol. The summed E-state index contributed by atoms with van der Waals surface area (Å²) in [6, 6.07) is 15.3. The van der Waals surface area contributed by atoms with Crippen molar-refractivity contribution in [3.63, 3.8) is 0 Å². The number of hydrogen-bond donors (Lipinski definition) is 0. The lowest BCUT2D eigenvalue weighted by Gasteiger charge is -2.03. The van der Waals surface area contributed by atoms with E-state index in [1.807, 2.05) is 53.9 Å². The Morgan fingerprint density at radius 2 is 1.85 bits per heavy atom. The van der Waals surface area contributed by atoms with E-state index in [2.05, 4.69) is 16.2 Å². The lowest BCUT2D eigenvalue weighted by Crippen LogP contribution is -2.02. The number of rotatable bonds is 5. The van der Waals surface area contributed by atoms with E-state index in [4.69, 9.17) is 11.6 Å². The molecule has 0 saturated carbocycles. The molecule has 0 saturated heterocycles. The second-order valence-corrected chi connectivity index (χ2v) is 6.77. The zero-order chi connectivity index (χ0) is 19.0. The average Bonchev–Trinajstić information content (AvgIpc) is 3.16. The van der Waals surface area contributed by atoms with Crippen LogP contribution < -0.4 is 0 Å². The first-order chi connectivity index (χ1) is 13.1. The summed E-state index contributed by atoms with van der Waals surface area (Å²) in [6.45, 7) is 6.32. The molecular formula is C22H18ClN3O. The molecule has 0 fully saturated rings. The van der Waals surface area contributed by atoms with Crippen LogP contribution in [0.15, 0.2) is 67.3 Å². The van der Waals surface area contributed by atoms with Gasteiger partial charge in [-0.3, -0.25) is 4.79 Å². The molecule has 0 aliphatic rings. The van der Waals surface area contributed by atoms with Crippen molar-refractivity contribution in [3.8, 4) is 0 Å². The molecule has 0 N–H and O–H groups in total. The number of halogens is 1. The van der Waals surface area contributed by atoms with Gasteiger partial charge in [0.1, 0.15) is 5.65 Å². The van der Waals surface area contributed by atoms with Gasteiger partial charge in [-0.2, -0.15) is 5.10 Å². The first-order valence-corrected chi connectivity index (χ1v) is 9.03. The van der Waals surface area contributed by atoms with Gasteiger partial charge in [-0.25, -0.2) is 4.52 Å². The molecule has 0 amide bonds. The number of ketones is 1. The van der Waals surface area contributed by atoms with Crippen LogP contribution >= 0.6 is 11.6 Å². The molecule has 4 nitrogen and oxygen atoms in total. The van der Waals surface area contributed by atoms with Crippen molar-refractivity contribution in [2.24, 2.45) is 0 Å². The quantitative estimate of drug-likeness (QED) is 0.268. The van der Waals surface area contributed by atoms with E-state index >= 15 is 0 Å². The summed E-state index contributed by atoms with van der Waals surface area (Å²) in [4.78, 5) is 13.0. The minimum atomic E-state index is -0.0782. The Kier molecular flexibility index (Phi) is 4.42. The highest BCUT2D eigenvalue weighted by molar-refractivity contribution is 6.30. The Bertz CT molecular complexity index is 1200. The van der Waals surface area contributed by atoms with Crippen LogP contribution in [0.5, 0.6) is 0 Å². The lowest BCUT2D eigenvalue weighted by molar-refractivity contribution is 0.104. The van der Waals surface area contributed by atoms with Crippen LogP contribution in [-0.2, 0) is 6.54 Å². The Hall–Kier alpha value is -3.11. The number of carbonyl (C=O) groups is 1. The number of aryl methyl sites for hydroxylation is 1. The molecule has 0 aliphatic carbocycles. The Morgan fingerprint density at radius 3 is 2.56 bits per heavy atom. The fourth-order valence-electron chi connectivity index (χ4n) is 3.35. The van der Waals surface area contributed by atoms with Crippen molar-refractivity contribution in [1.29, 1.82) is 0 Å². The maximum atomic E-state index is 13.0. The Balaban J connectivity index is 1.85. The fourth-order valence-corrected chi connectivity index (χ4v) is 3.48. The number of carbonyl (C=O) groups excluding carboxylic acids is 1. The van der Waals surface area contributed by atoms with Crippen molar-refractivity contribution < 1.29 is 4.79 Å². The summed E-state index contributed by atoms with van der Waals surface area (Å²) in [7, 11) is 0. The Labute approximate surface area is 162 Å². The summed E-state index contributed by atoms with van der Waals surface area (Å²) in [5.74, 6) is -0.0782. The Morgan fingerprint density at radius 1 is 1.15 bits per heavy atom. The highest BCUT2D eigenvalue weighted by atomic mass is 35.5. The first kappa shape index (κ1) is 17.3. The zero-order valence-electron chi connectivity index (χ0n) is 14.9. The largest absolute Gasteiger partial charge is 0.320 e. The van der Waals surface area contributed by atoms with Crippen LogP contribution in [0, 0.1) is 6.92 Å². The number of aromatic nitrogens is 3. The smallest absolute Gasteiger partial charge is 0.191 e. The lowest BCUT2D eigenvalue weighted by atomic mass is 10.1. The van der Waals surface area contributed by atoms with Crippen LogP contribution in [-0.4, -0.2) is 20.0 Å². The first-order valence-electron chi connectivity index (χ1n) is 8.65. The number of fused-ring (bicyclic) bond motifs is 3. The third-order valence-corrected chi connectivity index (χ3v) is 4.80. The molecule has 2 aromatic carbocycles. The summed E-state index contributed by atoms with van der Waals surface area (Å²) in [5.41, 5.74) is 5.02. The van der Waals surface area contributed by atoms with Crippen molar-refractivity contribution >= 4 is 40.1 Å². The van der Waals surface area contributed by atoms with E-state index in [0.29, 0.717) is 22.8 Å². The third kappa shape index (κ3) is 2.98. The molecule has 27 heavy (non-hydrogen) atoms. The minimum absolute atomic E-state index is 0.0782. The van der Waals surface area contributed by atoms with Gasteiger partial charge in [-0.05, 0) is 42.8 Å². The van der Waals surface area contributed by atoms with Crippen molar-refractivity contribution in [1.82, 2.24) is 14.2 Å². The number of allylic oxidation sites excluding steroid dienone is 2. The molecule has 5 heteroatoms. The second kappa shape index (κ2) is 6.89. The molecule has 0 atom stereocenters. The SMILES string of the molecule is C=CCn1c2ccccc2n2nc(C)c(C(=O)/C=C/c3ccc(Cl)cc3)c12. The van der Waals surface area contributed by atoms with Gasteiger partial charge in [-0.15, -0.1) is 6.58 Å². The maximum absolute atomic E-state index is 13.0. The van der Waals surface area contributed by atoms with Gasteiger partial charge in [0.2, 0.25) is 0 Å². The van der Waals surface area contributed by atoms with E-state index in [-0.39, 0.29) is 5.78 Å². The highest BCUT2D eigenvalue weighted by Crippen LogP contribution is 2.26. The zero-order valence-corrected chi connectivity index (χ0v) is 15.6. The summed E-state index contributed by atoms with van der Waals surface area (Å²) < 4.78 is 3.92. The van der Waals surface area contributed by atoms with Gasteiger partial charge in [-0.1, -0.05) is 48.0 Å². The number of hydrogen-bond acceptors (Lipinski definition) is 2. The standard InChI is InChI=1S/C22H18ClN3O/c1-3-14-25-18-6-4-5-7-19(18)26-22(25)21(15(2)24-26)20(27)13-10-16-8-11-17(23)12-9-16/h3-13H,1,14H2,2H3/b13-10+. The van der Waals surface area contributed by atoms with Crippen LogP contribution in [0.25, 0.3) is 22.8 Å². The van der Waals surface area contributed by atoms with Gasteiger partial charge in [0.15, 0.2) is 5.78 Å². The monoisotopic (exact) mass is 375 g/mol. The molecule has 134 valence electrons. The van der Waals surface area contributed by atoms with Gasteiger partial charge in [0, 0.05) is 11.6 Å². The molecule has 0 aliphatic heterocycles. The molecule has 2 aromatic heterocycles. The van der Waals surface area contributed by atoms with Gasteiger partial charge in [0.05, 0.1) is 22.3 Å². The predicted molar refractivity (Wildman–Crippen MR) is 110 cm³/mol. The van der Waals surface area contributed by atoms with Crippen LogP contribution in [0.4, 0.5) is 0 Å². The summed E-state index contributed by atoms with van der Waals surface area (Å²) >= 11 is 5.91. The van der Waals surface area contributed by atoms with Gasteiger partial charge >= 0.3 is 0 Å². The fraction of sp³-hybridized carbons (Fsp3) is 0.0909. The van der Waals surface area contributed by atoms with Crippen molar-refractivity contribution in [2.45, 2.75) is 13.5 Å². The topological polar surface area (TPSA) is 39.3 Å². The van der Waals surface area contributed by atoms with E-state index in [0.717, 1.165) is 22.2 Å². The van der Waals surface area contributed by atoms with E-state index < -0.39 is 0 Å². The number of benzene rings is 2. The van der Waals surface area contributed by atoms with Crippen molar-refractivity contribution in [3.05, 3.63) is 89.1 Å². The molecular weight excluding hydrogens is 358 g/mol. The third-order valence-electron chi connectivity index (χ3n) is 4.55. The minimum Gasteiger partial charge on any atom is -0.320 e. The molecule has 0 unspecified atom stereocenters. The van der Waals surface area contributed by atoms with E-state index in [1.54, 1.807) is 24.3 Å². The number of para-hydroxylation sites is 2. The second-order valence-electron chi connectivity index (χ2n) is 6.33. The predicted octanol–water partition coefficient (Wildman–Crippen LogP) is 5.33. The van der Waals surface area contributed by atoms with Crippen LogP contribution in [0.1, 0.15) is 21.6 Å². The molecule has 0 spiro atoms. The number of imidazole rings is 1. The van der Waals surface area contributed by atoms with Crippen LogP contribution in [0.3, 0.4) is 0 Å².